The average molecular weight is 643 g/mol. The molecule has 5 rings (SSSR count). The molecule has 0 spiro atoms. The molecular formula is C29H33F3N10O4. The van der Waals surface area contributed by atoms with Gasteiger partial charge in [0.25, 0.3) is 0 Å². The van der Waals surface area contributed by atoms with Crippen LogP contribution in [0.1, 0.15) is 57.3 Å². The second-order valence-corrected chi connectivity index (χ2v) is 11.8. The Morgan fingerprint density at radius 1 is 1.07 bits per heavy atom. The van der Waals surface area contributed by atoms with Gasteiger partial charge in [0.2, 0.25) is 5.91 Å². The minimum atomic E-state index is -1.33. The number of nitrogens with one attached hydrogen (secondary N) is 1. The summed E-state index contributed by atoms with van der Waals surface area (Å²) in [6, 6.07) is 3.64. The minimum Gasteiger partial charge on any atom is -0.486 e. The molecule has 1 unspecified atom stereocenters. The van der Waals surface area contributed by atoms with Gasteiger partial charge in [0.05, 0.1) is 18.4 Å². The van der Waals surface area contributed by atoms with Crippen molar-refractivity contribution in [3.05, 3.63) is 71.7 Å². The maximum atomic E-state index is 14.4. The van der Waals surface area contributed by atoms with Crippen molar-refractivity contribution < 1.29 is 32.2 Å². The minimum absolute atomic E-state index is 0.0537. The summed E-state index contributed by atoms with van der Waals surface area (Å²) in [6.07, 6.45) is 4.50. The number of nitrogens with zero attached hydrogens (tertiary/aromatic N) is 9. The zero-order valence-corrected chi connectivity index (χ0v) is 25.4. The number of carbonyl (C=O) groups is 2. The van der Waals surface area contributed by atoms with Crippen molar-refractivity contribution in [3.63, 3.8) is 0 Å². The first-order valence-electron chi connectivity index (χ1n) is 14.6. The van der Waals surface area contributed by atoms with E-state index in [0.29, 0.717) is 49.3 Å². The van der Waals surface area contributed by atoms with Crippen LogP contribution in [-0.2, 0) is 22.6 Å². The fourth-order valence-corrected chi connectivity index (χ4v) is 4.89. The number of aromatic nitrogens is 8. The molecule has 0 bridgehead atoms. The summed E-state index contributed by atoms with van der Waals surface area (Å²) in [5, 5.41) is 22.4. The van der Waals surface area contributed by atoms with Crippen LogP contribution in [0.2, 0.25) is 0 Å². The summed E-state index contributed by atoms with van der Waals surface area (Å²) in [4.78, 5) is 33.3. The van der Waals surface area contributed by atoms with Gasteiger partial charge in [-0.3, -0.25) is 4.79 Å². The van der Waals surface area contributed by atoms with Crippen molar-refractivity contribution in [2.75, 3.05) is 13.1 Å². The van der Waals surface area contributed by atoms with Crippen LogP contribution in [-0.4, -0.2) is 81.8 Å². The third kappa shape index (κ3) is 8.54. The third-order valence-electron chi connectivity index (χ3n) is 7.09. The largest absolute Gasteiger partial charge is 0.486 e. The highest BCUT2D eigenvalue weighted by molar-refractivity contribution is 5.78. The molecule has 4 aromatic rings. The summed E-state index contributed by atoms with van der Waals surface area (Å²) in [5.41, 5.74) is -0.377. The average Bonchev–Trinajstić information content (AvgIpc) is 3.71. The molecule has 1 atom stereocenters. The molecule has 244 valence electrons. The molecule has 1 N–H and O–H groups in total. The first-order valence-corrected chi connectivity index (χ1v) is 14.6. The number of rotatable bonds is 10. The lowest BCUT2D eigenvalue weighted by Gasteiger charge is -2.32. The van der Waals surface area contributed by atoms with E-state index in [-0.39, 0.29) is 37.0 Å². The Balaban J connectivity index is 1.14. The van der Waals surface area contributed by atoms with Crippen LogP contribution in [0.5, 0.6) is 5.75 Å². The number of ether oxygens (including phenoxy) is 2. The maximum Gasteiger partial charge on any atom is 0.407 e. The zero-order valence-electron chi connectivity index (χ0n) is 25.4. The summed E-state index contributed by atoms with van der Waals surface area (Å²) >= 11 is 0. The molecule has 17 heteroatoms. The van der Waals surface area contributed by atoms with Crippen molar-refractivity contribution in [1.82, 2.24) is 50.4 Å². The van der Waals surface area contributed by atoms with E-state index in [1.165, 1.54) is 11.0 Å². The fraction of sp³-hybridized carbons (Fsp3) is 0.448. The van der Waals surface area contributed by atoms with E-state index in [0.717, 1.165) is 6.07 Å². The van der Waals surface area contributed by atoms with E-state index in [1.54, 1.807) is 55.0 Å². The number of hydrogen-bond acceptors (Lipinski definition) is 10. The predicted molar refractivity (Wildman–Crippen MR) is 154 cm³/mol. The lowest BCUT2D eigenvalue weighted by Crippen LogP contribution is -2.45. The second kappa shape index (κ2) is 13.9. The molecule has 4 heterocycles. The number of likely N-dealkylation sites (tertiary alicyclic amines) is 1. The molecule has 0 saturated carbocycles. The van der Waals surface area contributed by atoms with Crippen LogP contribution >= 0.6 is 0 Å². The molecule has 14 nitrogen and oxygen atoms in total. The Labute approximate surface area is 261 Å². The van der Waals surface area contributed by atoms with Crippen molar-refractivity contribution in [2.45, 2.75) is 70.7 Å². The smallest absolute Gasteiger partial charge is 0.407 e. The van der Waals surface area contributed by atoms with Crippen LogP contribution in [0.4, 0.5) is 18.0 Å². The SMILES string of the molecule is CC(C)(C)OC(=O)NC(CC(=O)N1CCC(n2ncc(COc3ccc(-n4cnnn4)nc3)n2)CC1)Cc1cc(F)c(F)cc1F. The molecule has 3 aromatic heterocycles. The lowest BCUT2D eigenvalue weighted by molar-refractivity contribution is -0.133. The lowest BCUT2D eigenvalue weighted by atomic mass is 10.0. The van der Waals surface area contributed by atoms with Gasteiger partial charge in [-0.2, -0.15) is 19.7 Å². The Morgan fingerprint density at radius 3 is 2.50 bits per heavy atom. The molecule has 1 aliphatic heterocycles. The van der Waals surface area contributed by atoms with E-state index in [1.807, 2.05) is 0 Å². The summed E-state index contributed by atoms with van der Waals surface area (Å²) < 4.78 is 54.2. The Bertz CT molecular complexity index is 1640. The van der Waals surface area contributed by atoms with Gasteiger partial charge in [-0.15, -0.1) is 5.10 Å². The van der Waals surface area contributed by atoms with Gasteiger partial charge in [-0.25, -0.2) is 22.9 Å². The molecule has 2 amide bonds. The highest BCUT2D eigenvalue weighted by Gasteiger charge is 2.29. The highest BCUT2D eigenvalue weighted by atomic mass is 19.2. The van der Waals surface area contributed by atoms with Gasteiger partial charge in [-0.05, 0) is 74.2 Å². The van der Waals surface area contributed by atoms with Gasteiger partial charge in [0.15, 0.2) is 17.5 Å². The Hall–Kier alpha value is -5.09. The monoisotopic (exact) mass is 642 g/mol. The maximum absolute atomic E-state index is 14.4. The van der Waals surface area contributed by atoms with Gasteiger partial charge >= 0.3 is 6.09 Å². The van der Waals surface area contributed by atoms with E-state index in [9.17, 15) is 22.8 Å². The molecular weight excluding hydrogens is 609 g/mol. The van der Waals surface area contributed by atoms with Crippen LogP contribution in [0.25, 0.3) is 5.82 Å². The molecule has 1 fully saturated rings. The first kappa shape index (κ1) is 32.3. The van der Waals surface area contributed by atoms with Gasteiger partial charge in [-0.1, -0.05) is 0 Å². The number of tetrazole rings is 1. The number of hydrogen-bond donors (Lipinski definition) is 1. The number of piperidine rings is 1. The first-order chi connectivity index (χ1) is 21.9. The number of carbonyl (C=O) groups excluding carboxylic acids is 2. The van der Waals surface area contributed by atoms with Crippen LogP contribution in [0, 0.1) is 17.5 Å². The topological polar surface area (TPSA) is 155 Å². The predicted octanol–water partition coefficient (Wildman–Crippen LogP) is 3.33. The van der Waals surface area contributed by atoms with Crippen molar-refractivity contribution in [2.24, 2.45) is 0 Å². The molecule has 46 heavy (non-hydrogen) atoms. The van der Waals surface area contributed by atoms with E-state index in [2.05, 4.69) is 36.0 Å². The summed E-state index contributed by atoms with van der Waals surface area (Å²) in [5.74, 6) is -2.74. The number of benzene rings is 1. The quantitative estimate of drug-likeness (QED) is 0.255. The standard InChI is InChI=1S/C29H33F3N10O4/c1-29(2,3)46-28(44)36-19(10-18-11-24(31)25(32)13-23(18)30)12-27(43)40-8-6-21(7-9-40)42-35-14-20(37-42)16-45-22-4-5-26(33-15-22)41-17-34-38-39-41/h4-5,11,13-15,17,19,21H,6-10,12,16H2,1-3H3,(H,36,44). The van der Waals surface area contributed by atoms with Gasteiger partial charge in [0, 0.05) is 31.6 Å². The van der Waals surface area contributed by atoms with Gasteiger partial charge in [0.1, 0.15) is 35.8 Å². The molecule has 0 aliphatic carbocycles. The number of halogens is 3. The number of pyridine rings is 1. The molecule has 1 aliphatic rings. The highest BCUT2D eigenvalue weighted by Crippen LogP contribution is 2.23. The number of alkyl carbamates (subject to hydrolysis) is 1. The van der Waals surface area contributed by atoms with Gasteiger partial charge < -0.3 is 19.7 Å². The van der Waals surface area contributed by atoms with Crippen LogP contribution in [0.15, 0.2) is 43.0 Å². The molecule has 1 saturated heterocycles. The Kier molecular flexibility index (Phi) is 9.77. The third-order valence-corrected chi connectivity index (χ3v) is 7.09. The normalized spacial score (nSPS) is 14.6. The van der Waals surface area contributed by atoms with Crippen molar-refractivity contribution >= 4 is 12.0 Å². The summed E-state index contributed by atoms with van der Waals surface area (Å²) in [7, 11) is 0. The van der Waals surface area contributed by atoms with Crippen molar-refractivity contribution in [1.29, 1.82) is 0 Å². The Morgan fingerprint density at radius 2 is 1.83 bits per heavy atom. The van der Waals surface area contributed by atoms with E-state index in [4.69, 9.17) is 9.47 Å². The number of amides is 2. The molecule has 0 radical (unpaired) electrons. The van der Waals surface area contributed by atoms with E-state index >= 15 is 0 Å². The van der Waals surface area contributed by atoms with Crippen LogP contribution in [0.3, 0.4) is 0 Å². The molecule has 1 aromatic carbocycles. The van der Waals surface area contributed by atoms with E-state index < -0.39 is 35.2 Å². The summed E-state index contributed by atoms with van der Waals surface area (Å²) in [6.45, 7) is 5.99. The second-order valence-electron chi connectivity index (χ2n) is 11.8. The van der Waals surface area contributed by atoms with Crippen molar-refractivity contribution in [3.8, 4) is 11.6 Å². The zero-order chi connectivity index (χ0) is 32.8. The fourth-order valence-electron chi connectivity index (χ4n) is 4.89. The van der Waals surface area contributed by atoms with Crippen LogP contribution < -0.4 is 10.1 Å².